The van der Waals surface area contributed by atoms with Crippen LogP contribution in [0.3, 0.4) is 0 Å². The molecule has 0 saturated carbocycles. The molecule has 1 heterocycles. The lowest BCUT2D eigenvalue weighted by Gasteiger charge is -1.99. The average Bonchev–Trinajstić information content (AvgIpc) is 3.02. The number of nitrogens with zero attached hydrogens (tertiary/aromatic N) is 1. The second-order valence-corrected chi connectivity index (χ2v) is 6.66. The first-order valence-corrected chi connectivity index (χ1v) is 8.60. The van der Waals surface area contributed by atoms with Crippen molar-refractivity contribution in [1.29, 1.82) is 0 Å². The molecule has 3 aromatic rings. The highest BCUT2D eigenvalue weighted by Gasteiger charge is 2.14. The highest BCUT2D eigenvalue weighted by atomic mass is 79.9. The van der Waals surface area contributed by atoms with E-state index in [1.807, 2.05) is 24.3 Å². The number of hydrogen-bond acceptors (Lipinski definition) is 3. The molecule has 0 aliphatic heterocycles. The summed E-state index contributed by atoms with van der Waals surface area (Å²) < 4.78 is 28.1. The van der Waals surface area contributed by atoms with E-state index in [0.29, 0.717) is 5.69 Å². The predicted molar refractivity (Wildman–Crippen MR) is 95.0 cm³/mol. The molecule has 0 aliphatic rings. The summed E-state index contributed by atoms with van der Waals surface area (Å²) in [7, 11) is 0. The quantitative estimate of drug-likeness (QED) is 0.408. The van der Waals surface area contributed by atoms with E-state index in [4.69, 9.17) is 0 Å². The fraction of sp³-hybridized carbons (Fsp3) is 0. The van der Waals surface area contributed by atoms with E-state index in [-0.39, 0.29) is 0 Å². The molecule has 0 aliphatic carbocycles. The van der Waals surface area contributed by atoms with Crippen LogP contribution in [-0.4, -0.2) is 10.8 Å². The molecular weight excluding hydrogens is 396 g/mol. The van der Waals surface area contributed by atoms with Crippen molar-refractivity contribution in [2.75, 3.05) is 0 Å². The maximum Gasteiger partial charge on any atom is 0.191 e. The van der Waals surface area contributed by atoms with Crippen molar-refractivity contribution in [3.8, 4) is 10.6 Å². The van der Waals surface area contributed by atoms with E-state index >= 15 is 0 Å². The molecule has 0 fully saturated rings. The molecule has 0 radical (unpaired) electrons. The minimum absolute atomic E-state index is 0.556. The Bertz CT molecular complexity index is 916. The third-order valence-corrected chi connectivity index (χ3v) is 4.61. The van der Waals surface area contributed by atoms with E-state index in [1.165, 1.54) is 23.5 Å². The summed E-state index contributed by atoms with van der Waals surface area (Å²) in [5.74, 6) is -2.49. The van der Waals surface area contributed by atoms with E-state index in [9.17, 15) is 13.6 Å². The van der Waals surface area contributed by atoms with Gasteiger partial charge < -0.3 is 0 Å². The van der Waals surface area contributed by atoms with Crippen LogP contribution >= 0.6 is 27.3 Å². The summed E-state index contributed by atoms with van der Waals surface area (Å²) in [5.41, 5.74) is 0.941. The average molecular weight is 406 g/mol. The lowest BCUT2D eigenvalue weighted by atomic mass is 10.1. The van der Waals surface area contributed by atoms with Gasteiger partial charge in [-0.2, -0.15) is 0 Å². The van der Waals surface area contributed by atoms with Crippen molar-refractivity contribution in [3.05, 3.63) is 81.3 Å². The standard InChI is InChI=1S/C18H10BrF2NOS/c19-12-4-1-3-11(9-12)18-22-13(10-24-18)7-8-16(23)17-14(20)5-2-6-15(17)21/h1-10H/b8-7+. The Hall–Kier alpha value is -2.18. The number of ketones is 1. The predicted octanol–water partition coefficient (Wildman–Crippen LogP) is 5.75. The molecule has 24 heavy (non-hydrogen) atoms. The Labute approximate surface area is 149 Å². The van der Waals surface area contributed by atoms with Crippen molar-refractivity contribution in [1.82, 2.24) is 4.98 Å². The van der Waals surface area contributed by atoms with Crippen LogP contribution in [-0.2, 0) is 0 Å². The van der Waals surface area contributed by atoms with Crippen LogP contribution in [0.2, 0.25) is 0 Å². The molecule has 0 atom stereocenters. The lowest BCUT2D eigenvalue weighted by molar-refractivity contribution is 0.104. The molecule has 0 saturated heterocycles. The van der Waals surface area contributed by atoms with Gasteiger partial charge in [0.2, 0.25) is 0 Å². The Kier molecular flexibility index (Phi) is 4.97. The fourth-order valence-electron chi connectivity index (χ4n) is 2.09. The highest BCUT2D eigenvalue weighted by molar-refractivity contribution is 9.10. The number of hydrogen-bond donors (Lipinski definition) is 0. The molecule has 0 N–H and O–H groups in total. The van der Waals surface area contributed by atoms with Gasteiger partial charge in [-0.05, 0) is 36.4 Å². The Morgan fingerprint density at radius 3 is 2.54 bits per heavy atom. The van der Waals surface area contributed by atoms with Gasteiger partial charge in [-0.1, -0.05) is 34.1 Å². The number of rotatable bonds is 4. The molecule has 2 nitrogen and oxygen atoms in total. The monoisotopic (exact) mass is 405 g/mol. The molecule has 2 aromatic carbocycles. The Morgan fingerprint density at radius 2 is 1.83 bits per heavy atom. The molecule has 3 rings (SSSR count). The topological polar surface area (TPSA) is 30.0 Å². The first-order chi connectivity index (χ1) is 11.5. The van der Waals surface area contributed by atoms with Crippen molar-refractivity contribution in [2.45, 2.75) is 0 Å². The molecule has 0 bridgehead atoms. The Balaban J connectivity index is 1.82. The van der Waals surface area contributed by atoms with Crippen molar-refractivity contribution < 1.29 is 13.6 Å². The van der Waals surface area contributed by atoms with Crippen LogP contribution in [0.15, 0.2) is 58.4 Å². The smallest absolute Gasteiger partial charge is 0.191 e. The zero-order chi connectivity index (χ0) is 17.1. The molecule has 1 aromatic heterocycles. The fourth-order valence-corrected chi connectivity index (χ4v) is 3.28. The van der Waals surface area contributed by atoms with Crippen LogP contribution in [0.25, 0.3) is 16.6 Å². The SMILES string of the molecule is O=C(/C=C/c1csc(-c2cccc(Br)c2)n1)c1c(F)cccc1F. The van der Waals surface area contributed by atoms with Crippen LogP contribution in [0.1, 0.15) is 16.1 Å². The van der Waals surface area contributed by atoms with E-state index in [1.54, 1.807) is 5.38 Å². The first kappa shape index (κ1) is 16.7. The van der Waals surface area contributed by atoms with E-state index in [0.717, 1.165) is 33.3 Å². The number of allylic oxidation sites excluding steroid dienone is 1. The number of carbonyl (C=O) groups excluding carboxylic acids is 1. The third kappa shape index (κ3) is 3.66. The number of benzene rings is 2. The number of halogens is 3. The van der Waals surface area contributed by atoms with Crippen molar-refractivity contribution >= 4 is 39.1 Å². The van der Waals surface area contributed by atoms with Gasteiger partial charge in [0.1, 0.15) is 16.6 Å². The van der Waals surface area contributed by atoms with Crippen LogP contribution in [0.4, 0.5) is 8.78 Å². The Morgan fingerprint density at radius 1 is 1.12 bits per heavy atom. The number of thiazole rings is 1. The van der Waals surface area contributed by atoms with Crippen LogP contribution in [0.5, 0.6) is 0 Å². The van der Waals surface area contributed by atoms with E-state index < -0.39 is 23.0 Å². The zero-order valence-corrected chi connectivity index (χ0v) is 14.6. The van der Waals surface area contributed by atoms with Gasteiger partial charge in [0.15, 0.2) is 5.78 Å². The second kappa shape index (κ2) is 7.15. The molecule has 0 unspecified atom stereocenters. The largest absolute Gasteiger partial charge is 0.289 e. The molecule has 0 amide bonds. The zero-order valence-electron chi connectivity index (χ0n) is 12.2. The van der Waals surface area contributed by atoms with Gasteiger partial charge in [0.25, 0.3) is 0 Å². The molecule has 120 valence electrons. The summed E-state index contributed by atoms with van der Waals surface area (Å²) in [5, 5.41) is 2.57. The van der Waals surface area contributed by atoms with Crippen LogP contribution in [0, 0.1) is 11.6 Å². The first-order valence-electron chi connectivity index (χ1n) is 6.92. The van der Waals surface area contributed by atoms with Crippen LogP contribution < -0.4 is 0 Å². The number of carbonyl (C=O) groups is 1. The lowest BCUT2D eigenvalue weighted by Crippen LogP contribution is -2.02. The highest BCUT2D eigenvalue weighted by Crippen LogP contribution is 2.26. The second-order valence-electron chi connectivity index (χ2n) is 4.88. The van der Waals surface area contributed by atoms with Crippen molar-refractivity contribution in [2.24, 2.45) is 0 Å². The summed E-state index contributed by atoms with van der Waals surface area (Å²) in [6.07, 6.45) is 2.58. The molecule has 0 spiro atoms. The normalized spacial score (nSPS) is 11.1. The van der Waals surface area contributed by atoms with Gasteiger partial charge in [0.05, 0.1) is 11.3 Å². The van der Waals surface area contributed by atoms with Gasteiger partial charge in [-0.3, -0.25) is 4.79 Å². The molecular formula is C18H10BrF2NOS. The summed E-state index contributed by atoms with van der Waals surface area (Å²) in [4.78, 5) is 16.4. The van der Waals surface area contributed by atoms with Gasteiger partial charge in [0, 0.05) is 15.4 Å². The maximum absolute atomic E-state index is 13.6. The summed E-state index contributed by atoms with van der Waals surface area (Å²) >= 11 is 4.83. The minimum Gasteiger partial charge on any atom is -0.289 e. The third-order valence-electron chi connectivity index (χ3n) is 3.21. The number of aromatic nitrogens is 1. The van der Waals surface area contributed by atoms with Crippen molar-refractivity contribution in [3.63, 3.8) is 0 Å². The molecule has 6 heteroatoms. The van der Waals surface area contributed by atoms with Gasteiger partial charge >= 0.3 is 0 Å². The van der Waals surface area contributed by atoms with E-state index in [2.05, 4.69) is 20.9 Å². The maximum atomic E-state index is 13.6. The summed E-state index contributed by atoms with van der Waals surface area (Å²) in [6, 6.07) is 11.0. The summed E-state index contributed by atoms with van der Waals surface area (Å²) in [6.45, 7) is 0. The minimum atomic E-state index is -0.877. The van der Waals surface area contributed by atoms with Gasteiger partial charge in [-0.15, -0.1) is 11.3 Å². The van der Waals surface area contributed by atoms with Gasteiger partial charge in [-0.25, -0.2) is 13.8 Å².